The molecule has 0 aliphatic carbocycles. The lowest BCUT2D eigenvalue weighted by atomic mass is 10.1. The first-order valence-corrected chi connectivity index (χ1v) is 8.06. The molecule has 0 unspecified atom stereocenters. The first-order valence-electron chi connectivity index (χ1n) is 8.06. The molecule has 1 aliphatic rings. The Morgan fingerprint density at radius 3 is 2.75 bits per heavy atom. The molecule has 5 nitrogen and oxygen atoms in total. The van der Waals surface area contributed by atoms with Crippen molar-refractivity contribution in [3.8, 4) is 0 Å². The van der Waals surface area contributed by atoms with Crippen molar-refractivity contribution < 1.29 is 14.0 Å². The van der Waals surface area contributed by atoms with E-state index >= 15 is 0 Å². The van der Waals surface area contributed by atoms with Gasteiger partial charge in [-0.15, -0.1) is 0 Å². The average Bonchev–Trinajstić information content (AvgIpc) is 3.24. The van der Waals surface area contributed by atoms with Crippen LogP contribution < -0.4 is 5.32 Å². The maximum absolute atomic E-state index is 11.9. The number of likely N-dealkylation sites (tertiary alicyclic amines) is 1. The summed E-state index contributed by atoms with van der Waals surface area (Å²) in [5.41, 5.74) is 2.10. The molecule has 1 aromatic carbocycles. The topological polar surface area (TPSA) is 62.6 Å². The maximum atomic E-state index is 11.9. The maximum Gasteiger partial charge on any atom is 0.244 e. The second kappa shape index (κ2) is 7.64. The van der Waals surface area contributed by atoms with Gasteiger partial charge in [-0.3, -0.25) is 9.59 Å². The van der Waals surface area contributed by atoms with Crippen molar-refractivity contribution in [1.82, 2.24) is 10.2 Å². The number of hydrogen-bond donors (Lipinski definition) is 1. The predicted molar refractivity (Wildman–Crippen MR) is 90.7 cm³/mol. The summed E-state index contributed by atoms with van der Waals surface area (Å²) in [6, 6.07) is 11.4. The molecule has 0 spiro atoms. The Kier molecular flexibility index (Phi) is 5.11. The molecule has 1 aliphatic heterocycles. The van der Waals surface area contributed by atoms with E-state index in [-0.39, 0.29) is 11.8 Å². The highest BCUT2D eigenvalue weighted by Crippen LogP contribution is 2.17. The van der Waals surface area contributed by atoms with E-state index in [1.54, 1.807) is 24.5 Å². The molecule has 24 heavy (non-hydrogen) atoms. The number of carbonyl (C=O) groups is 2. The lowest BCUT2D eigenvalue weighted by Crippen LogP contribution is -2.26. The highest BCUT2D eigenvalue weighted by molar-refractivity contribution is 5.91. The monoisotopic (exact) mass is 324 g/mol. The van der Waals surface area contributed by atoms with Crippen molar-refractivity contribution in [3.05, 3.63) is 65.6 Å². The lowest BCUT2D eigenvalue weighted by molar-refractivity contribution is -0.128. The Balaban J connectivity index is 1.58. The zero-order valence-corrected chi connectivity index (χ0v) is 13.4. The first-order chi connectivity index (χ1) is 11.7. The van der Waals surface area contributed by atoms with Crippen molar-refractivity contribution in [2.45, 2.75) is 25.9 Å². The van der Waals surface area contributed by atoms with E-state index < -0.39 is 0 Å². The van der Waals surface area contributed by atoms with Crippen molar-refractivity contribution in [2.24, 2.45) is 0 Å². The van der Waals surface area contributed by atoms with Gasteiger partial charge in [0.2, 0.25) is 11.8 Å². The summed E-state index contributed by atoms with van der Waals surface area (Å²) in [6.07, 6.45) is 6.20. The van der Waals surface area contributed by atoms with Gasteiger partial charge in [0.25, 0.3) is 0 Å². The molecule has 1 saturated heterocycles. The Morgan fingerprint density at radius 2 is 2.04 bits per heavy atom. The van der Waals surface area contributed by atoms with Gasteiger partial charge in [0.1, 0.15) is 5.76 Å². The van der Waals surface area contributed by atoms with Crippen LogP contribution in [0.1, 0.15) is 29.7 Å². The number of nitrogens with one attached hydrogen (secondary N) is 1. The fourth-order valence-corrected chi connectivity index (χ4v) is 2.75. The van der Waals surface area contributed by atoms with Crippen molar-refractivity contribution in [1.29, 1.82) is 0 Å². The number of rotatable bonds is 6. The second-order valence-corrected chi connectivity index (χ2v) is 5.75. The Labute approximate surface area is 141 Å². The van der Waals surface area contributed by atoms with E-state index in [2.05, 4.69) is 5.32 Å². The van der Waals surface area contributed by atoms with Gasteiger partial charge in [-0.2, -0.15) is 0 Å². The first kappa shape index (κ1) is 16.1. The van der Waals surface area contributed by atoms with Gasteiger partial charge in [0.05, 0.1) is 6.26 Å². The molecule has 2 heterocycles. The summed E-state index contributed by atoms with van der Waals surface area (Å²) in [4.78, 5) is 25.6. The molecular weight excluding hydrogens is 304 g/mol. The van der Waals surface area contributed by atoms with E-state index in [9.17, 15) is 9.59 Å². The molecule has 1 N–H and O–H groups in total. The molecular formula is C19H20N2O3. The van der Waals surface area contributed by atoms with Crippen LogP contribution in [0.5, 0.6) is 0 Å². The van der Waals surface area contributed by atoms with Crippen LogP contribution in [0.3, 0.4) is 0 Å². The Hall–Kier alpha value is -2.82. The quantitative estimate of drug-likeness (QED) is 0.831. The number of hydrogen-bond acceptors (Lipinski definition) is 3. The van der Waals surface area contributed by atoms with Crippen LogP contribution in [0.2, 0.25) is 0 Å². The highest BCUT2D eigenvalue weighted by Gasteiger charge is 2.20. The third-order valence-corrected chi connectivity index (χ3v) is 4.05. The molecule has 3 rings (SSSR count). The molecule has 0 radical (unpaired) electrons. The largest absolute Gasteiger partial charge is 0.465 e. The van der Waals surface area contributed by atoms with Gasteiger partial charge in [0, 0.05) is 32.1 Å². The van der Waals surface area contributed by atoms with Crippen LogP contribution in [0.25, 0.3) is 6.08 Å². The summed E-state index contributed by atoms with van der Waals surface area (Å²) in [5.74, 6) is 0.659. The smallest absolute Gasteiger partial charge is 0.244 e. The summed E-state index contributed by atoms with van der Waals surface area (Å²) in [7, 11) is 0. The van der Waals surface area contributed by atoms with Gasteiger partial charge in [0.15, 0.2) is 0 Å². The molecule has 0 atom stereocenters. The molecule has 124 valence electrons. The second-order valence-electron chi connectivity index (χ2n) is 5.75. The van der Waals surface area contributed by atoms with E-state index in [0.29, 0.717) is 25.3 Å². The van der Waals surface area contributed by atoms with Gasteiger partial charge in [-0.25, -0.2) is 0 Å². The van der Waals surface area contributed by atoms with E-state index in [1.807, 2.05) is 29.2 Å². The fourth-order valence-electron chi connectivity index (χ4n) is 2.75. The number of furan rings is 1. The van der Waals surface area contributed by atoms with Gasteiger partial charge in [-0.1, -0.05) is 24.3 Å². The van der Waals surface area contributed by atoms with Crippen molar-refractivity contribution >= 4 is 17.9 Å². The van der Waals surface area contributed by atoms with E-state index in [4.69, 9.17) is 4.42 Å². The average molecular weight is 324 g/mol. The van der Waals surface area contributed by atoms with E-state index in [1.165, 1.54) is 6.08 Å². The molecule has 0 saturated carbocycles. The summed E-state index contributed by atoms with van der Waals surface area (Å²) < 4.78 is 5.15. The molecule has 1 aromatic heterocycles. The summed E-state index contributed by atoms with van der Waals surface area (Å²) >= 11 is 0. The predicted octanol–water partition coefficient (Wildman–Crippen LogP) is 2.73. The molecule has 2 amide bonds. The Bertz CT molecular complexity index is 735. The van der Waals surface area contributed by atoms with Crippen LogP contribution in [0, 0.1) is 0 Å². The summed E-state index contributed by atoms with van der Waals surface area (Å²) in [5, 5.41) is 2.87. The van der Waals surface area contributed by atoms with Crippen LogP contribution in [-0.4, -0.2) is 23.3 Å². The van der Waals surface area contributed by atoms with Gasteiger partial charge in [-0.05, 0) is 35.8 Å². The standard InChI is InChI=1S/C19H20N2O3/c22-18(10-9-17-7-4-12-24-17)20-13-15-5-1-2-6-16(15)14-21-11-3-8-19(21)23/h1-2,4-7,9-10,12H,3,8,11,13-14H2,(H,20,22). The number of amides is 2. The molecule has 1 fully saturated rings. The normalized spacial score (nSPS) is 14.5. The minimum Gasteiger partial charge on any atom is -0.465 e. The van der Waals surface area contributed by atoms with Gasteiger partial charge < -0.3 is 14.6 Å². The number of carbonyl (C=O) groups excluding carboxylic acids is 2. The Morgan fingerprint density at radius 1 is 1.21 bits per heavy atom. The lowest BCUT2D eigenvalue weighted by Gasteiger charge is -2.18. The zero-order valence-electron chi connectivity index (χ0n) is 13.4. The molecule has 5 heteroatoms. The van der Waals surface area contributed by atoms with Crippen LogP contribution in [0.15, 0.2) is 53.2 Å². The van der Waals surface area contributed by atoms with Crippen molar-refractivity contribution in [3.63, 3.8) is 0 Å². The van der Waals surface area contributed by atoms with Crippen LogP contribution in [0.4, 0.5) is 0 Å². The minimum absolute atomic E-state index is 0.182. The zero-order chi connectivity index (χ0) is 16.8. The number of benzene rings is 1. The van der Waals surface area contributed by atoms with E-state index in [0.717, 1.165) is 24.1 Å². The number of nitrogens with zero attached hydrogens (tertiary/aromatic N) is 1. The molecule has 0 bridgehead atoms. The minimum atomic E-state index is -0.182. The van der Waals surface area contributed by atoms with Crippen LogP contribution >= 0.6 is 0 Å². The SMILES string of the molecule is O=C(C=Cc1ccco1)NCc1ccccc1CN1CCCC1=O. The van der Waals surface area contributed by atoms with Crippen LogP contribution in [-0.2, 0) is 22.7 Å². The third kappa shape index (κ3) is 4.13. The highest BCUT2D eigenvalue weighted by atomic mass is 16.3. The van der Waals surface area contributed by atoms with Crippen molar-refractivity contribution in [2.75, 3.05) is 6.54 Å². The third-order valence-electron chi connectivity index (χ3n) is 4.05. The molecule has 2 aromatic rings. The van der Waals surface area contributed by atoms with Gasteiger partial charge >= 0.3 is 0 Å². The fraction of sp³-hybridized carbons (Fsp3) is 0.263. The summed E-state index contributed by atoms with van der Waals surface area (Å²) in [6.45, 7) is 1.85.